The molecule has 0 aromatic heterocycles. The predicted molar refractivity (Wildman–Crippen MR) is 118 cm³/mol. The Bertz CT molecular complexity index is 942. The van der Waals surface area contributed by atoms with Crippen LogP contribution in [-0.4, -0.2) is 75.1 Å². The highest BCUT2D eigenvalue weighted by Gasteiger charge is 2.22. The lowest BCUT2D eigenvalue weighted by atomic mass is 10.0. The zero-order valence-corrected chi connectivity index (χ0v) is 18.3. The normalized spacial score (nSPS) is 13.9. The largest absolute Gasteiger partial charge is 0.494 e. The monoisotopic (exact) mass is 444 g/mol. The van der Waals surface area contributed by atoms with Gasteiger partial charge in [0, 0.05) is 25.7 Å². The number of benzene rings is 2. The number of carboxylic acids is 1. The lowest BCUT2D eigenvalue weighted by molar-refractivity contribution is 0.0322. The molecule has 0 radical (unpaired) electrons. The summed E-state index contributed by atoms with van der Waals surface area (Å²) >= 11 is 0. The Morgan fingerprint density at radius 2 is 1.94 bits per heavy atom. The van der Waals surface area contributed by atoms with Gasteiger partial charge in [0.25, 0.3) is 0 Å². The standard InChI is InChI=1S/C23H28N2O7/c1-3-31-23(28)17-5-4-6-19(21(17)22(26)27)24-18-8-7-16(15-20(18)29-2)32-14-11-25-9-12-30-13-10-25/h4-8,15,24H,3,9-14H2,1-2H3,(H,26,27). The summed E-state index contributed by atoms with van der Waals surface area (Å²) in [5, 5.41) is 12.8. The van der Waals surface area contributed by atoms with E-state index in [1.165, 1.54) is 13.2 Å². The summed E-state index contributed by atoms with van der Waals surface area (Å²) in [6.07, 6.45) is 0. The number of carbonyl (C=O) groups is 2. The number of carboxylic acid groups (broad SMARTS) is 1. The molecular weight excluding hydrogens is 416 g/mol. The minimum Gasteiger partial charge on any atom is -0.494 e. The van der Waals surface area contributed by atoms with E-state index in [2.05, 4.69) is 10.2 Å². The summed E-state index contributed by atoms with van der Waals surface area (Å²) in [7, 11) is 1.52. The van der Waals surface area contributed by atoms with E-state index in [0.717, 1.165) is 32.8 Å². The molecular formula is C23H28N2O7. The number of ether oxygens (including phenoxy) is 4. The van der Waals surface area contributed by atoms with Gasteiger partial charge in [-0.3, -0.25) is 4.90 Å². The van der Waals surface area contributed by atoms with Crippen LogP contribution in [0.15, 0.2) is 36.4 Å². The van der Waals surface area contributed by atoms with Gasteiger partial charge in [0.15, 0.2) is 0 Å². The Labute approximate surface area is 186 Å². The maximum atomic E-state index is 12.2. The van der Waals surface area contributed by atoms with Crippen LogP contribution in [0.4, 0.5) is 11.4 Å². The Balaban J connectivity index is 1.75. The maximum Gasteiger partial charge on any atom is 0.339 e. The number of hydrogen-bond donors (Lipinski definition) is 2. The summed E-state index contributed by atoms with van der Waals surface area (Å²) in [5.74, 6) is -0.811. The van der Waals surface area contributed by atoms with E-state index in [0.29, 0.717) is 23.8 Å². The van der Waals surface area contributed by atoms with Crippen LogP contribution in [0.25, 0.3) is 0 Å². The molecule has 0 unspecified atom stereocenters. The fourth-order valence-electron chi connectivity index (χ4n) is 3.39. The third-order valence-corrected chi connectivity index (χ3v) is 5.00. The van der Waals surface area contributed by atoms with Gasteiger partial charge in [-0.05, 0) is 31.2 Å². The lowest BCUT2D eigenvalue weighted by Gasteiger charge is -2.26. The van der Waals surface area contributed by atoms with Crippen LogP contribution in [0, 0.1) is 0 Å². The summed E-state index contributed by atoms with van der Waals surface area (Å²) in [4.78, 5) is 26.4. The van der Waals surface area contributed by atoms with Gasteiger partial charge in [0.05, 0.1) is 49.4 Å². The van der Waals surface area contributed by atoms with Gasteiger partial charge in [0.2, 0.25) is 0 Å². The molecule has 2 aromatic rings. The number of carbonyl (C=O) groups excluding carboxylic acids is 1. The van der Waals surface area contributed by atoms with Crippen LogP contribution in [0.2, 0.25) is 0 Å². The van der Waals surface area contributed by atoms with E-state index in [1.54, 1.807) is 37.3 Å². The van der Waals surface area contributed by atoms with Crippen molar-refractivity contribution in [3.05, 3.63) is 47.5 Å². The second-order valence-corrected chi connectivity index (χ2v) is 7.04. The summed E-state index contributed by atoms with van der Waals surface area (Å²) in [5.41, 5.74) is 0.601. The molecule has 32 heavy (non-hydrogen) atoms. The van der Waals surface area contributed by atoms with Crippen LogP contribution < -0.4 is 14.8 Å². The molecule has 1 fully saturated rings. The van der Waals surface area contributed by atoms with Crippen LogP contribution in [0.5, 0.6) is 11.5 Å². The minimum absolute atomic E-state index is 0.0219. The number of hydrogen-bond acceptors (Lipinski definition) is 8. The van der Waals surface area contributed by atoms with Crippen molar-refractivity contribution in [3.63, 3.8) is 0 Å². The molecule has 0 saturated carbocycles. The third kappa shape index (κ3) is 5.89. The van der Waals surface area contributed by atoms with Crippen molar-refractivity contribution in [3.8, 4) is 11.5 Å². The topological polar surface area (TPSA) is 107 Å². The highest BCUT2D eigenvalue weighted by atomic mass is 16.5. The number of rotatable bonds is 10. The minimum atomic E-state index is -1.24. The van der Waals surface area contributed by atoms with Crippen molar-refractivity contribution in [1.82, 2.24) is 4.90 Å². The molecule has 0 bridgehead atoms. The first-order chi connectivity index (χ1) is 15.5. The first-order valence-electron chi connectivity index (χ1n) is 10.4. The second kappa shape index (κ2) is 11.4. The van der Waals surface area contributed by atoms with Crippen LogP contribution in [-0.2, 0) is 9.47 Å². The van der Waals surface area contributed by atoms with Crippen molar-refractivity contribution in [2.75, 3.05) is 58.5 Å². The van der Waals surface area contributed by atoms with Crippen LogP contribution >= 0.6 is 0 Å². The highest BCUT2D eigenvalue weighted by Crippen LogP contribution is 2.33. The molecule has 3 rings (SSSR count). The van der Waals surface area contributed by atoms with Crippen molar-refractivity contribution >= 4 is 23.3 Å². The van der Waals surface area contributed by atoms with Gasteiger partial charge < -0.3 is 29.4 Å². The maximum absolute atomic E-state index is 12.2. The fourth-order valence-corrected chi connectivity index (χ4v) is 3.39. The van der Waals surface area contributed by atoms with Gasteiger partial charge in [-0.2, -0.15) is 0 Å². The van der Waals surface area contributed by atoms with Gasteiger partial charge in [-0.15, -0.1) is 0 Å². The molecule has 1 aliphatic heterocycles. The molecule has 2 N–H and O–H groups in total. The first-order valence-corrected chi connectivity index (χ1v) is 10.4. The zero-order valence-electron chi connectivity index (χ0n) is 18.3. The van der Waals surface area contributed by atoms with E-state index in [1.807, 2.05) is 0 Å². The summed E-state index contributed by atoms with van der Waals surface area (Å²) in [6, 6.07) is 9.85. The number of nitrogens with zero attached hydrogens (tertiary/aromatic N) is 1. The average molecular weight is 444 g/mol. The van der Waals surface area contributed by atoms with Gasteiger partial charge in [-0.25, -0.2) is 9.59 Å². The van der Waals surface area contributed by atoms with E-state index < -0.39 is 11.9 Å². The third-order valence-electron chi connectivity index (χ3n) is 5.00. The average Bonchev–Trinajstić information content (AvgIpc) is 2.80. The Morgan fingerprint density at radius 3 is 2.62 bits per heavy atom. The Kier molecular flexibility index (Phi) is 8.29. The molecule has 0 spiro atoms. The zero-order chi connectivity index (χ0) is 22.9. The highest BCUT2D eigenvalue weighted by molar-refractivity contribution is 6.07. The summed E-state index contributed by atoms with van der Waals surface area (Å²) in [6.45, 7) is 6.41. The molecule has 9 nitrogen and oxygen atoms in total. The molecule has 0 amide bonds. The van der Waals surface area contributed by atoms with E-state index in [9.17, 15) is 14.7 Å². The van der Waals surface area contributed by atoms with Crippen molar-refractivity contribution < 1.29 is 33.6 Å². The Hall–Kier alpha value is -3.30. The van der Waals surface area contributed by atoms with Crippen molar-refractivity contribution in [2.45, 2.75) is 6.92 Å². The van der Waals surface area contributed by atoms with E-state index in [4.69, 9.17) is 18.9 Å². The number of nitrogens with one attached hydrogen (secondary N) is 1. The van der Waals surface area contributed by atoms with Gasteiger partial charge >= 0.3 is 11.9 Å². The van der Waals surface area contributed by atoms with Crippen molar-refractivity contribution in [2.24, 2.45) is 0 Å². The quantitative estimate of drug-likeness (QED) is 0.535. The summed E-state index contributed by atoms with van der Waals surface area (Å²) < 4.78 is 21.6. The van der Waals surface area contributed by atoms with Crippen LogP contribution in [0.3, 0.4) is 0 Å². The number of methoxy groups -OCH3 is 1. The molecule has 1 saturated heterocycles. The molecule has 172 valence electrons. The molecule has 0 atom stereocenters. The number of anilines is 2. The number of esters is 1. The SMILES string of the molecule is CCOC(=O)c1cccc(Nc2ccc(OCCN3CCOCC3)cc2OC)c1C(=O)O. The van der Waals surface area contributed by atoms with Gasteiger partial charge in [0.1, 0.15) is 18.1 Å². The van der Waals surface area contributed by atoms with Gasteiger partial charge in [-0.1, -0.05) is 6.07 Å². The molecule has 1 heterocycles. The second-order valence-electron chi connectivity index (χ2n) is 7.04. The molecule has 1 aliphatic rings. The molecule has 9 heteroatoms. The van der Waals surface area contributed by atoms with E-state index in [-0.39, 0.29) is 23.4 Å². The fraction of sp³-hybridized carbons (Fsp3) is 0.391. The first kappa shape index (κ1) is 23.4. The molecule has 0 aliphatic carbocycles. The molecule has 2 aromatic carbocycles. The predicted octanol–water partition coefficient (Wildman–Crippen LogP) is 3.02. The lowest BCUT2D eigenvalue weighted by Crippen LogP contribution is -2.38. The van der Waals surface area contributed by atoms with Crippen molar-refractivity contribution in [1.29, 1.82) is 0 Å². The Morgan fingerprint density at radius 1 is 1.16 bits per heavy atom. The number of morpholine rings is 1. The van der Waals surface area contributed by atoms with E-state index >= 15 is 0 Å². The smallest absolute Gasteiger partial charge is 0.339 e. The number of aromatic carboxylic acids is 1. The van der Waals surface area contributed by atoms with Crippen LogP contribution in [0.1, 0.15) is 27.6 Å².